The van der Waals surface area contributed by atoms with E-state index in [0.717, 1.165) is 36.3 Å². The number of hydrogen-bond acceptors (Lipinski definition) is 8. The van der Waals surface area contributed by atoms with Crippen molar-refractivity contribution in [2.75, 3.05) is 33.4 Å². The van der Waals surface area contributed by atoms with E-state index in [0.29, 0.717) is 47.3 Å². The highest BCUT2D eigenvalue weighted by molar-refractivity contribution is 5.87. The van der Waals surface area contributed by atoms with Crippen LogP contribution in [0.4, 0.5) is 5.69 Å². The number of benzene rings is 3. The van der Waals surface area contributed by atoms with E-state index in [4.69, 9.17) is 13.9 Å². The van der Waals surface area contributed by atoms with E-state index in [1.165, 1.54) is 13.2 Å². The number of fused-ring (bicyclic) bond motifs is 1. The molecule has 0 radical (unpaired) electrons. The summed E-state index contributed by atoms with van der Waals surface area (Å²) in [4.78, 5) is 11.2. The standard InChI is InChI=1S/C27H27N3O5/c1-17-3-6-24-22(11-17)29-27(35-24)21-5-4-20(14-23(21)31)28-15-19-12-18(13-25(33-2)26(19)32)16-30-7-9-34-10-8-30/h3-6,11-15,31-32H,7-10,16H2,1-2H3. The molecule has 1 saturated heterocycles. The van der Waals surface area contributed by atoms with Crippen LogP contribution in [-0.4, -0.2) is 59.7 Å². The lowest BCUT2D eigenvalue weighted by Gasteiger charge is -2.26. The lowest BCUT2D eigenvalue weighted by molar-refractivity contribution is 0.0341. The molecule has 2 N–H and O–H groups in total. The summed E-state index contributed by atoms with van der Waals surface area (Å²) < 4.78 is 16.6. The van der Waals surface area contributed by atoms with E-state index in [1.54, 1.807) is 18.3 Å². The van der Waals surface area contributed by atoms with Gasteiger partial charge in [0.05, 0.1) is 31.6 Å². The van der Waals surface area contributed by atoms with Crippen LogP contribution in [0.25, 0.3) is 22.6 Å². The second-order valence-corrected chi connectivity index (χ2v) is 8.57. The Morgan fingerprint density at radius 1 is 1.09 bits per heavy atom. The number of oxazole rings is 1. The van der Waals surface area contributed by atoms with Crippen LogP contribution < -0.4 is 4.74 Å². The summed E-state index contributed by atoms with van der Waals surface area (Å²) in [5.41, 5.74) is 5.03. The molecule has 0 saturated carbocycles. The van der Waals surface area contributed by atoms with Gasteiger partial charge in [-0.05, 0) is 54.4 Å². The number of aliphatic imine (C=N–C) groups is 1. The van der Waals surface area contributed by atoms with Crippen molar-refractivity contribution in [2.45, 2.75) is 13.5 Å². The molecule has 0 spiro atoms. The first kappa shape index (κ1) is 22.9. The fourth-order valence-electron chi connectivity index (χ4n) is 4.13. The number of phenolic OH excluding ortho intramolecular Hbond substituents is 2. The molecular weight excluding hydrogens is 446 g/mol. The number of methoxy groups -OCH3 is 1. The number of rotatable bonds is 6. The van der Waals surface area contributed by atoms with Crippen molar-refractivity contribution >= 4 is 23.0 Å². The summed E-state index contributed by atoms with van der Waals surface area (Å²) >= 11 is 0. The summed E-state index contributed by atoms with van der Waals surface area (Å²) in [6.45, 7) is 5.86. The SMILES string of the molecule is COc1cc(CN2CCOCC2)cc(C=Nc2ccc(-c3nc4cc(C)ccc4o3)c(O)c2)c1O. The van der Waals surface area contributed by atoms with E-state index < -0.39 is 0 Å². The molecule has 0 amide bonds. The first-order chi connectivity index (χ1) is 17.0. The lowest BCUT2D eigenvalue weighted by Crippen LogP contribution is -2.35. The van der Waals surface area contributed by atoms with Crippen molar-refractivity contribution in [1.82, 2.24) is 9.88 Å². The molecule has 0 unspecified atom stereocenters. The van der Waals surface area contributed by atoms with E-state index in [9.17, 15) is 10.2 Å². The van der Waals surface area contributed by atoms with Crippen LogP contribution in [0, 0.1) is 6.92 Å². The molecule has 3 aromatic carbocycles. The zero-order valence-electron chi connectivity index (χ0n) is 19.7. The molecule has 180 valence electrons. The van der Waals surface area contributed by atoms with Crippen molar-refractivity contribution in [3.05, 3.63) is 65.2 Å². The molecule has 0 atom stereocenters. The molecule has 1 fully saturated rings. The van der Waals surface area contributed by atoms with E-state index in [1.807, 2.05) is 37.3 Å². The first-order valence-electron chi connectivity index (χ1n) is 11.4. The zero-order valence-corrected chi connectivity index (χ0v) is 19.7. The molecule has 8 heteroatoms. The smallest absolute Gasteiger partial charge is 0.231 e. The van der Waals surface area contributed by atoms with Crippen LogP contribution in [0.15, 0.2) is 57.9 Å². The van der Waals surface area contributed by atoms with Gasteiger partial charge in [-0.3, -0.25) is 9.89 Å². The van der Waals surface area contributed by atoms with Gasteiger partial charge in [0, 0.05) is 37.5 Å². The summed E-state index contributed by atoms with van der Waals surface area (Å²) in [7, 11) is 1.53. The molecule has 1 aliphatic rings. The van der Waals surface area contributed by atoms with Crippen molar-refractivity contribution in [1.29, 1.82) is 0 Å². The molecule has 5 rings (SSSR count). The Balaban J connectivity index is 1.39. The minimum Gasteiger partial charge on any atom is -0.507 e. The van der Waals surface area contributed by atoms with Crippen molar-refractivity contribution in [2.24, 2.45) is 4.99 Å². The van der Waals surface area contributed by atoms with Gasteiger partial charge in [-0.2, -0.15) is 0 Å². The van der Waals surface area contributed by atoms with Gasteiger partial charge in [0.25, 0.3) is 0 Å². The third-order valence-corrected chi connectivity index (χ3v) is 6.00. The highest BCUT2D eigenvalue weighted by atomic mass is 16.5. The van der Waals surface area contributed by atoms with Gasteiger partial charge in [-0.15, -0.1) is 0 Å². The predicted molar refractivity (Wildman–Crippen MR) is 134 cm³/mol. The van der Waals surface area contributed by atoms with Crippen LogP contribution in [0.1, 0.15) is 16.7 Å². The molecule has 0 bridgehead atoms. The Bertz CT molecular complexity index is 1390. The van der Waals surface area contributed by atoms with Crippen molar-refractivity contribution in [3.8, 4) is 28.7 Å². The molecule has 1 aliphatic heterocycles. The van der Waals surface area contributed by atoms with Crippen molar-refractivity contribution < 1.29 is 24.1 Å². The Morgan fingerprint density at radius 2 is 1.91 bits per heavy atom. The molecule has 2 heterocycles. The minimum atomic E-state index is 0.00537. The van der Waals surface area contributed by atoms with Crippen LogP contribution in [0.2, 0.25) is 0 Å². The summed E-state index contributed by atoms with van der Waals surface area (Å²) in [6.07, 6.45) is 1.57. The number of aromatic hydroxyl groups is 2. The highest BCUT2D eigenvalue weighted by Gasteiger charge is 2.15. The fraction of sp³-hybridized carbons (Fsp3) is 0.259. The summed E-state index contributed by atoms with van der Waals surface area (Å²) in [5, 5.41) is 21.2. The Hall–Kier alpha value is -3.88. The number of nitrogens with zero attached hydrogens (tertiary/aromatic N) is 3. The van der Waals surface area contributed by atoms with E-state index >= 15 is 0 Å². The summed E-state index contributed by atoms with van der Waals surface area (Å²) in [6, 6.07) is 14.5. The second kappa shape index (κ2) is 9.77. The number of aryl methyl sites for hydroxylation is 1. The highest BCUT2D eigenvalue weighted by Crippen LogP contribution is 2.35. The van der Waals surface area contributed by atoms with Gasteiger partial charge in [0.15, 0.2) is 17.1 Å². The number of ether oxygens (including phenoxy) is 2. The third-order valence-electron chi connectivity index (χ3n) is 6.00. The zero-order chi connectivity index (χ0) is 24.4. The number of aromatic nitrogens is 1. The van der Waals surface area contributed by atoms with Crippen LogP contribution in [-0.2, 0) is 11.3 Å². The lowest BCUT2D eigenvalue weighted by atomic mass is 10.1. The molecular formula is C27H27N3O5. The molecule has 35 heavy (non-hydrogen) atoms. The topological polar surface area (TPSA) is 101 Å². The third kappa shape index (κ3) is 4.99. The van der Waals surface area contributed by atoms with E-state index in [2.05, 4.69) is 14.9 Å². The van der Waals surface area contributed by atoms with Gasteiger partial charge < -0.3 is 24.1 Å². The summed E-state index contributed by atoms with van der Waals surface area (Å²) in [5.74, 6) is 0.758. The number of phenols is 2. The first-order valence-corrected chi connectivity index (χ1v) is 11.4. The largest absolute Gasteiger partial charge is 0.507 e. The quantitative estimate of drug-likeness (QED) is 0.388. The van der Waals surface area contributed by atoms with Gasteiger partial charge >= 0.3 is 0 Å². The average molecular weight is 474 g/mol. The van der Waals surface area contributed by atoms with Crippen LogP contribution in [0.5, 0.6) is 17.2 Å². The Morgan fingerprint density at radius 3 is 2.69 bits per heavy atom. The van der Waals surface area contributed by atoms with Crippen LogP contribution >= 0.6 is 0 Å². The van der Waals surface area contributed by atoms with Gasteiger partial charge in [-0.1, -0.05) is 6.07 Å². The average Bonchev–Trinajstić information content (AvgIpc) is 3.27. The van der Waals surface area contributed by atoms with Gasteiger partial charge in [0.2, 0.25) is 5.89 Å². The number of morpholine rings is 1. The fourth-order valence-corrected chi connectivity index (χ4v) is 4.13. The molecule has 4 aromatic rings. The normalized spacial score (nSPS) is 14.7. The minimum absolute atomic E-state index is 0.00537. The predicted octanol–water partition coefficient (Wildman–Crippen LogP) is 4.81. The second-order valence-electron chi connectivity index (χ2n) is 8.57. The van der Waals surface area contributed by atoms with Crippen molar-refractivity contribution in [3.63, 3.8) is 0 Å². The molecule has 8 nitrogen and oxygen atoms in total. The van der Waals surface area contributed by atoms with Crippen LogP contribution in [0.3, 0.4) is 0 Å². The Labute approximate surface area is 203 Å². The maximum absolute atomic E-state index is 10.6. The van der Waals surface area contributed by atoms with Gasteiger partial charge in [0.1, 0.15) is 11.3 Å². The Kier molecular flexibility index (Phi) is 6.39. The van der Waals surface area contributed by atoms with Gasteiger partial charge in [-0.25, -0.2) is 4.98 Å². The monoisotopic (exact) mass is 473 g/mol. The molecule has 0 aliphatic carbocycles. The number of hydrogen-bond donors (Lipinski definition) is 2. The molecule has 1 aromatic heterocycles. The maximum Gasteiger partial charge on any atom is 0.231 e. The van der Waals surface area contributed by atoms with E-state index in [-0.39, 0.29) is 11.5 Å². The maximum atomic E-state index is 10.6.